The Labute approximate surface area is 184 Å². The highest BCUT2D eigenvalue weighted by Crippen LogP contribution is 2.45. The maximum atomic E-state index is 12.3. The van der Waals surface area contributed by atoms with E-state index in [1.165, 1.54) is 0 Å². The van der Waals surface area contributed by atoms with Gasteiger partial charge < -0.3 is 14.4 Å². The number of carbonyl (C=O) groups excluding carboxylic acids is 2. The van der Waals surface area contributed by atoms with Gasteiger partial charge in [-0.05, 0) is 19.1 Å². The van der Waals surface area contributed by atoms with Crippen LogP contribution in [-0.4, -0.2) is 42.0 Å². The van der Waals surface area contributed by atoms with Crippen LogP contribution < -0.4 is 0 Å². The number of rotatable bonds is 4. The van der Waals surface area contributed by atoms with Crippen LogP contribution in [0.1, 0.15) is 42.1 Å². The number of esters is 1. The molecule has 1 spiro atoms. The van der Waals surface area contributed by atoms with Gasteiger partial charge in [-0.1, -0.05) is 58.5 Å². The molecule has 0 aromatic heterocycles. The number of nitrogens with zero attached hydrogens (tertiary/aromatic N) is 2. The number of halogens is 1. The van der Waals surface area contributed by atoms with Crippen LogP contribution in [0.3, 0.4) is 0 Å². The van der Waals surface area contributed by atoms with Gasteiger partial charge in [-0.3, -0.25) is 4.79 Å². The van der Waals surface area contributed by atoms with Crippen molar-refractivity contribution in [3.8, 4) is 0 Å². The second-order valence-corrected chi connectivity index (χ2v) is 8.65. The number of amidine groups is 1. The molecule has 0 bridgehead atoms. The zero-order chi connectivity index (χ0) is 21.3. The Morgan fingerprint density at radius 2 is 2.10 bits per heavy atom. The first-order chi connectivity index (χ1) is 14.4. The first-order valence-corrected chi connectivity index (χ1v) is 10.7. The lowest BCUT2D eigenvalue weighted by Gasteiger charge is -2.38. The van der Waals surface area contributed by atoms with Crippen molar-refractivity contribution < 1.29 is 19.1 Å². The van der Waals surface area contributed by atoms with Crippen molar-refractivity contribution in [1.29, 1.82) is 0 Å². The monoisotopic (exact) mass is 470 g/mol. The number of fused-ring (bicyclic) bond motifs is 2. The largest absolute Gasteiger partial charge is 0.451 e. The van der Waals surface area contributed by atoms with Crippen molar-refractivity contribution in [2.75, 3.05) is 13.1 Å². The van der Waals surface area contributed by atoms with E-state index >= 15 is 0 Å². The van der Waals surface area contributed by atoms with Crippen LogP contribution in [0.4, 0.5) is 0 Å². The summed E-state index contributed by atoms with van der Waals surface area (Å²) >= 11 is 3.41. The predicted octanol–water partition coefficient (Wildman–Crippen LogP) is 4.27. The molecular weight excluding hydrogens is 448 g/mol. The molecule has 7 heteroatoms. The average Bonchev–Trinajstić information content (AvgIpc) is 3.20. The minimum absolute atomic E-state index is 0.256. The fourth-order valence-corrected chi connectivity index (χ4v) is 4.47. The molecule has 0 N–H and O–H groups in total. The summed E-state index contributed by atoms with van der Waals surface area (Å²) in [5.41, 5.74) is 1.98. The Morgan fingerprint density at radius 3 is 2.83 bits per heavy atom. The van der Waals surface area contributed by atoms with Crippen molar-refractivity contribution in [2.24, 2.45) is 4.99 Å². The zero-order valence-corrected chi connectivity index (χ0v) is 18.4. The molecule has 3 aliphatic rings. The third-order valence-electron chi connectivity index (χ3n) is 5.69. The minimum atomic E-state index is -0.608. The number of ether oxygens (including phenoxy) is 2. The molecule has 1 fully saturated rings. The van der Waals surface area contributed by atoms with E-state index in [0.29, 0.717) is 43.9 Å². The lowest BCUT2D eigenvalue weighted by Crippen LogP contribution is -2.45. The van der Waals surface area contributed by atoms with E-state index in [1.54, 1.807) is 6.08 Å². The zero-order valence-electron chi connectivity index (χ0n) is 16.8. The van der Waals surface area contributed by atoms with E-state index in [2.05, 4.69) is 27.5 Å². The van der Waals surface area contributed by atoms with Crippen molar-refractivity contribution >= 4 is 33.8 Å². The second kappa shape index (κ2) is 8.22. The first kappa shape index (κ1) is 20.6. The molecule has 156 valence electrons. The summed E-state index contributed by atoms with van der Waals surface area (Å²) in [6.07, 6.45) is 8.50. The number of aliphatic imine (C=N–C) groups is 1. The number of likely N-dealkylation sites (tertiary alicyclic amines) is 1. The number of amides is 1. The molecule has 4 rings (SSSR count). The summed E-state index contributed by atoms with van der Waals surface area (Å²) in [6, 6.07) is 6.07. The summed E-state index contributed by atoms with van der Waals surface area (Å²) in [6.45, 7) is 6.78. The van der Waals surface area contributed by atoms with Crippen molar-refractivity contribution in [3.05, 3.63) is 70.3 Å². The van der Waals surface area contributed by atoms with Gasteiger partial charge in [0.25, 0.3) is 11.9 Å². The van der Waals surface area contributed by atoms with Crippen molar-refractivity contribution in [2.45, 2.75) is 37.9 Å². The minimum Gasteiger partial charge on any atom is -0.451 e. The Morgan fingerprint density at radius 1 is 1.33 bits per heavy atom. The predicted molar refractivity (Wildman–Crippen MR) is 117 cm³/mol. The molecule has 0 aliphatic carbocycles. The van der Waals surface area contributed by atoms with Crippen molar-refractivity contribution in [3.63, 3.8) is 0 Å². The highest BCUT2D eigenvalue weighted by Gasteiger charge is 2.48. The molecule has 1 unspecified atom stereocenters. The third-order valence-corrected chi connectivity index (χ3v) is 6.18. The van der Waals surface area contributed by atoms with Crippen LogP contribution in [0.15, 0.2) is 64.1 Å². The third kappa shape index (κ3) is 3.86. The molecular formula is C23H23BrN2O4. The molecule has 3 heterocycles. The summed E-state index contributed by atoms with van der Waals surface area (Å²) in [4.78, 5) is 30.8. The fourth-order valence-electron chi connectivity index (χ4n) is 4.10. The van der Waals surface area contributed by atoms with Crippen LogP contribution >= 0.6 is 15.9 Å². The van der Waals surface area contributed by atoms with Crippen LogP contribution in [0.5, 0.6) is 0 Å². The second-order valence-electron chi connectivity index (χ2n) is 7.74. The first-order valence-electron chi connectivity index (χ1n) is 9.94. The van der Waals surface area contributed by atoms with E-state index in [4.69, 9.17) is 9.47 Å². The lowest BCUT2D eigenvalue weighted by atomic mass is 9.84. The van der Waals surface area contributed by atoms with E-state index < -0.39 is 11.7 Å². The van der Waals surface area contributed by atoms with Crippen molar-refractivity contribution in [1.82, 2.24) is 4.90 Å². The molecule has 0 saturated carbocycles. The smallest absolute Gasteiger partial charge is 0.339 e. The number of piperidine rings is 1. The summed E-state index contributed by atoms with van der Waals surface area (Å²) in [5.74, 6) is -0.537. The van der Waals surface area contributed by atoms with Gasteiger partial charge in [-0.25, -0.2) is 4.79 Å². The molecule has 3 aliphatic heterocycles. The number of hydrogen-bond donors (Lipinski definition) is 0. The number of hydrogen-bond acceptors (Lipinski definition) is 5. The van der Waals surface area contributed by atoms with Gasteiger partial charge >= 0.3 is 5.97 Å². The highest BCUT2D eigenvalue weighted by atomic mass is 79.9. The Balaban J connectivity index is 1.40. The molecule has 30 heavy (non-hydrogen) atoms. The number of benzene rings is 1. The molecule has 1 amide bonds. The average molecular weight is 471 g/mol. The summed E-state index contributed by atoms with van der Waals surface area (Å²) < 4.78 is 12.5. The Hall–Kier alpha value is -2.67. The van der Waals surface area contributed by atoms with Gasteiger partial charge in [-0.15, -0.1) is 0 Å². The van der Waals surface area contributed by atoms with Gasteiger partial charge in [0.15, 0.2) is 6.10 Å². The maximum Gasteiger partial charge on any atom is 0.339 e. The van der Waals surface area contributed by atoms with Crippen LogP contribution in [0.2, 0.25) is 0 Å². The maximum absolute atomic E-state index is 12.3. The van der Waals surface area contributed by atoms with Gasteiger partial charge in [0.2, 0.25) is 0 Å². The number of carbonyl (C=O) groups is 2. The Bertz CT molecular complexity index is 987. The lowest BCUT2D eigenvalue weighted by molar-refractivity contribution is -0.122. The SMILES string of the molecule is C=C/C=C\C=C(/C)CC1OC(N2CCC3(CC2)OC(=O)c2cc(Br)ccc23)=NC1=O. The summed E-state index contributed by atoms with van der Waals surface area (Å²) in [5, 5.41) is 0. The van der Waals surface area contributed by atoms with Gasteiger partial charge in [0.05, 0.1) is 5.56 Å². The van der Waals surface area contributed by atoms with Crippen LogP contribution in [0.25, 0.3) is 0 Å². The van der Waals surface area contributed by atoms with E-state index in [9.17, 15) is 9.59 Å². The molecule has 6 nitrogen and oxygen atoms in total. The van der Waals surface area contributed by atoms with Crippen LogP contribution in [-0.2, 0) is 19.9 Å². The van der Waals surface area contributed by atoms with Gasteiger partial charge in [-0.2, -0.15) is 4.99 Å². The highest BCUT2D eigenvalue weighted by molar-refractivity contribution is 9.10. The molecule has 0 radical (unpaired) electrons. The normalized spacial score (nSPS) is 22.9. The topological polar surface area (TPSA) is 68.2 Å². The fraction of sp³-hybridized carbons (Fsp3) is 0.348. The van der Waals surface area contributed by atoms with E-state index in [1.807, 2.05) is 48.3 Å². The van der Waals surface area contributed by atoms with Crippen LogP contribution in [0, 0.1) is 0 Å². The summed E-state index contributed by atoms with van der Waals surface area (Å²) in [7, 11) is 0. The Kier molecular flexibility index (Phi) is 5.64. The van der Waals surface area contributed by atoms with Gasteiger partial charge in [0, 0.05) is 42.4 Å². The molecule has 1 aromatic carbocycles. The molecule has 1 saturated heterocycles. The van der Waals surface area contributed by atoms with E-state index in [-0.39, 0.29) is 11.9 Å². The van der Waals surface area contributed by atoms with E-state index in [0.717, 1.165) is 15.6 Å². The standard InChI is InChI=1S/C23H23BrN2O4/c1-3-4-5-6-15(2)13-19-20(27)25-22(29-19)26-11-9-23(10-12-26)18-8-7-16(24)14-17(18)21(28)30-23/h3-8,14,19H,1,9-13H2,2H3/b5-4-,15-6+. The molecule has 1 atom stereocenters. The quantitative estimate of drug-likeness (QED) is 0.485. The van der Waals surface area contributed by atoms with Gasteiger partial charge in [0.1, 0.15) is 5.60 Å². The molecule has 1 aromatic rings. The number of allylic oxidation sites excluding steroid dienone is 4.